The zero-order valence-corrected chi connectivity index (χ0v) is 17.4. The van der Waals surface area contributed by atoms with Crippen molar-refractivity contribution >= 4 is 35.5 Å². The molecule has 1 saturated carbocycles. The Hall–Kier alpha value is -2.93. The van der Waals surface area contributed by atoms with Gasteiger partial charge in [-0.3, -0.25) is 19.8 Å². The smallest absolute Gasteiger partial charge is 0.318 e. The van der Waals surface area contributed by atoms with E-state index < -0.39 is 23.7 Å². The molecule has 8 heteroatoms. The van der Waals surface area contributed by atoms with Gasteiger partial charge in [0.2, 0.25) is 0 Å². The molecule has 2 aromatic rings. The van der Waals surface area contributed by atoms with Crippen LogP contribution in [0.5, 0.6) is 0 Å². The third-order valence-electron chi connectivity index (χ3n) is 5.75. The van der Waals surface area contributed by atoms with Crippen molar-refractivity contribution in [2.24, 2.45) is 0 Å². The Morgan fingerprint density at radius 3 is 2.50 bits per heavy atom. The Balaban J connectivity index is 1.73. The molecule has 4 amide bonds. The minimum Gasteiger partial charge on any atom is -0.318 e. The molecule has 1 saturated heterocycles. The second kappa shape index (κ2) is 7.72. The van der Waals surface area contributed by atoms with Gasteiger partial charge in [-0.15, -0.1) is 0 Å². The molecule has 1 aromatic carbocycles. The Labute approximate surface area is 178 Å². The van der Waals surface area contributed by atoms with Crippen molar-refractivity contribution in [2.75, 3.05) is 0 Å². The number of carbonyl (C=O) groups excluding carboxylic acids is 3. The predicted octanol–water partition coefficient (Wildman–Crippen LogP) is 4.29. The summed E-state index contributed by atoms with van der Waals surface area (Å²) >= 11 is 5.93. The quantitative estimate of drug-likeness (QED) is 0.584. The number of nitrogens with one attached hydrogen (secondary N) is 1. The van der Waals surface area contributed by atoms with Gasteiger partial charge in [0, 0.05) is 23.1 Å². The zero-order chi connectivity index (χ0) is 21.6. The molecular weight excluding hydrogens is 409 g/mol. The Morgan fingerprint density at radius 1 is 1.13 bits per heavy atom. The summed E-state index contributed by atoms with van der Waals surface area (Å²) in [5.74, 6) is -1.77. The van der Waals surface area contributed by atoms with Crippen LogP contribution in [0.3, 0.4) is 0 Å². The first-order chi connectivity index (χ1) is 14.3. The van der Waals surface area contributed by atoms with Crippen LogP contribution in [0.2, 0.25) is 5.02 Å². The largest absolute Gasteiger partial charge is 0.331 e. The molecule has 0 atom stereocenters. The van der Waals surface area contributed by atoms with Gasteiger partial charge < -0.3 is 4.57 Å². The molecule has 156 valence electrons. The number of hydrogen-bond donors (Lipinski definition) is 1. The monoisotopic (exact) mass is 429 g/mol. The maximum Gasteiger partial charge on any atom is 0.331 e. The molecule has 4 rings (SSSR count). The molecular formula is C22H21ClFN3O3. The first kappa shape index (κ1) is 20.3. The van der Waals surface area contributed by atoms with Gasteiger partial charge in [0.15, 0.2) is 0 Å². The molecule has 2 fully saturated rings. The second-order valence-corrected chi connectivity index (χ2v) is 8.10. The molecule has 0 unspecified atom stereocenters. The van der Waals surface area contributed by atoms with Crippen LogP contribution in [0.15, 0.2) is 29.8 Å². The van der Waals surface area contributed by atoms with E-state index in [1.165, 1.54) is 23.1 Å². The number of benzene rings is 1. The van der Waals surface area contributed by atoms with Crippen LogP contribution in [0.1, 0.15) is 42.6 Å². The SMILES string of the molecule is Cc1cc(/C=C2\C(=O)NC(=O)N(C3CCCC3)C2=O)c(C)n1-c1ccc(F)c(Cl)c1. The van der Waals surface area contributed by atoms with E-state index in [1.807, 2.05) is 24.5 Å². The van der Waals surface area contributed by atoms with E-state index >= 15 is 0 Å². The third-order valence-corrected chi connectivity index (χ3v) is 6.04. The molecule has 1 aliphatic carbocycles. The normalized spacial score (nSPS) is 19.1. The summed E-state index contributed by atoms with van der Waals surface area (Å²) in [5.41, 5.74) is 2.84. The fourth-order valence-corrected chi connectivity index (χ4v) is 4.45. The number of halogens is 2. The van der Waals surface area contributed by atoms with E-state index in [-0.39, 0.29) is 16.6 Å². The molecule has 1 aliphatic heterocycles. The Morgan fingerprint density at radius 2 is 1.83 bits per heavy atom. The van der Waals surface area contributed by atoms with Gasteiger partial charge in [-0.25, -0.2) is 9.18 Å². The average Bonchev–Trinajstić information content (AvgIpc) is 3.29. The molecule has 0 spiro atoms. The third kappa shape index (κ3) is 3.43. The maximum atomic E-state index is 13.5. The fourth-order valence-electron chi connectivity index (χ4n) is 4.28. The van der Waals surface area contributed by atoms with Crippen molar-refractivity contribution < 1.29 is 18.8 Å². The highest BCUT2D eigenvalue weighted by Gasteiger charge is 2.40. The van der Waals surface area contributed by atoms with Gasteiger partial charge in [-0.2, -0.15) is 0 Å². The zero-order valence-electron chi connectivity index (χ0n) is 16.7. The molecule has 0 bridgehead atoms. The van der Waals surface area contributed by atoms with Crippen molar-refractivity contribution in [3.8, 4) is 5.69 Å². The lowest BCUT2D eigenvalue weighted by molar-refractivity contribution is -0.131. The second-order valence-electron chi connectivity index (χ2n) is 7.69. The molecule has 30 heavy (non-hydrogen) atoms. The Kier molecular flexibility index (Phi) is 5.24. The minimum absolute atomic E-state index is 0.00691. The highest BCUT2D eigenvalue weighted by Crippen LogP contribution is 2.29. The summed E-state index contributed by atoms with van der Waals surface area (Å²) in [6.07, 6.45) is 4.92. The highest BCUT2D eigenvalue weighted by atomic mass is 35.5. The number of carbonyl (C=O) groups is 3. The summed E-state index contributed by atoms with van der Waals surface area (Å²) in [4.78, 5) is 38.9. The van der Waals surface area contributed by atoms with Gasteiger partial charge >= 0.3 is 6.03 Å². The topological polar surface area (TPSA) is 71.4 Å². The summed E-state index contributed by atoms with van der Waals surface area (Å²) < 4.78 is 15.4. The highest BCUT2D eigenvalue weighted by molar-refractivity contribution is 6.31. The Bertz CT molecular complexity index is 1100. The minimum atomic E-state index is -0.700. The van der Waals surface area contributed by atoms with Gasteiger partial charge in [-0.05, 0) is 62.6 Å². The van der Waals surface area contributed by atoms with Crippen molar-refractivity contribution in [1.82, 2.24) is 14.8 Å². The van der Waals surface area contributed by atoms with E-state index in [9.17, 15) is 18.8 Å². The van der Waals surface area contributed by atoms with Crippen molar-refractivity contribution in [3.05, 3.63) is 57.6 Å². The first-order valence-corrected chi connectivity index (χ1v) is 10.2. The van der Waals surface area contributed by atoms with Crippen LogP contribution in [0, 0.1) is 19.7 Å². The van der Waals surface area contributed by atoms with Crippen molar-refractivity contribution in [2.45, 2.75) is 45.6 Å². The standard InChI is InChI=1S/C22H21ClFN3O3/c1-12-9-14(13(2)26(12)16-7-8-19(24)18(23)11-16)10-17-20(28)25-22(30)27(21(17)29)15-5-3-4-6-15/h7-11,15H,3-6H2,1-2H3,(H,25,28,30)/b17-10+. The van der Waals surface area contributed by atoms with E-state index in [4.69, 9.17) is 11.6 Å². The number of barbiturate groups is 1. The lowest BCUT2D eigenvalue weighted by atomic mass is 10.1. The lowest BCUT2D eigenvalue weighted by Gasteiger charge is -2.31. The maximum absolute atomic E-state index is 13.5. The number of rotatable bonds is 3. The number of aromatic nitrogens is 1. The van der Waals surface area contributed by atoms with E-state index in [2.05, 4.69) is 5.32 Å². The molecule has 6 nitrogen and oxygen atoms in total. The van der Waals surface area contributed by atoms with Crippen LogP contribution in [0.4, 0.5) is 9.18 Å². The fraction of sp³-hybridized carbons (Fsp3) is 0.318. The summed E-state index contributed by atoms with van der Waals surface area (Å²) in [7, 11) is 0. The van der Waals surface area contributed by atoms with Crippen LogP contribution in [0.25, 0.3) is 11.8 Å². The molecule has 2 heterocycles. The molecule has 0 radical (unpaired) electrons. The van der Waals surface area contributed by atoms with E-state index in [0.29, 0.717) is 11.3 Å². The molecule has 1 N–H and O–H groups in total. The molecule has 1 aromatic heterocycles. The summed E-state index contributed by atoms with van der Waals surface area (Å²) in [5, 5.41) is 2.29. The van der Waals surface area contributed by atoms with Crippen molar-refractivity contribution in [1.29, 1.82) is 0 Å². The van der Waals surface area contributed by atoms with Gasteiger partial charge in [-0.1, -0.05) is 24.4 Å². The van der Waals surface area contributed by atoms with Crippen molar-refractivity contribution in [3.63, 3.8) is 0 Å². The van der Waals surface area contributed by atoms with Gasteiger partial charge in [0.05, 0.1) is 5.02 Å². The molecule has 2 aliphatic rings. The first-order valence-electron chi connectivity index (χ1n) is 9.83. The lowest BCUT2D eigenvalue weighted by Crippen LogP contribution is -2.57. The average molecular weight is 430 g/mol. The van der Waals surface area contributed by atoms with Crippen LogP contribution >= 0.6 is 11.6 Å². The number of aryl methyl sites for hydroxylation is 1. The van der Waals surface area contributed by atoms with E-state index in [0.717, 1.165) is 37.1 Å². The van der Waals surface area contributed by atoms with Crippen LogP contribution in [-0.4, -0.2) is 33.4 Å². The van der Waals surface area contributed by atoms with Gasteiger partial charge in [0.25, 0.3) is 11.8 Å². The van der Waals surface area contributed by atoms with E-state index in [1.54, 1.807) is 6.07 Å². The van der Waals surface area contributed by atoms with Crippen LogP contribution < -0.4 is 5.32 Å². The number of amides is 4. The van der Waals surface area contributed by atoms with Crippen LogP contribution in [-0.2, 0) is 9.59 Å². The number of urea groups is 1. The summed E-state index contributed by atoms with van der Waals surface area (Å²) in [6, 6.07) is 5.42. The number of imide groups is 2. The number of nitrogens with zero attached hydrogens (tertiary/aromatic N) is 2. The number of hydrogen-bond acceptors (Lipinski definition) is 3. The summed E-state index contributed by atoms with van der Waals surface area (Å²) in [6.45, 7) is 3.70. The van der Waals surface area contributed by atoms with Gasteiger partial charge in [0.1, 0.15) is 11.4 Å². The predicted molar refractivity (Wildman–Crippen MR) is 111 cm³/mol.